The smallest absolute Gasteiger partial charge is 0.240 e. The molecule has 3 saturated heterocycles. The Morgan fingerprint density at radius 3 is 2.81 bits per heavy atom. The van der Waals surface area contributed by atoms with Gasteiger partial charge in [0.15, 0.2) is 0 Å². The highest BCUT2D eigenvalue weighted by molar-refractivity contribution is 5.82. The first-order valence-corrected chi connectivity index (χ1v) is 10.6. The fraction of sp³-hybridized carbons (Fsp3) is 0.947. The number of carbonyl (C=O) groups is 1. The monoisotopic (exact) mass is 383 g/mol. The summed E-state index contributed by atoms with van der Waals surface area (Å²) in [6.07, 6.45) is 3.59. The normalized spacial score (nSPS) is 44.6. The molecule has 7 nitrogen and oxygen atoms in total. The van der Waals surface area contributed by atoms with Gasteiger partial charge in [-0.3, -0.25) is 15.0 Å². The Morgan fingerprint density at radius 1 is 1.19 bits per heavy atom. The Labute approximate surface area is 161 Å². The lowest BCUT2D eigenvalue weighted by Gasteiger charge is -2.44. The second-order valence-electron chi connectivity index (χ2n) is 8.56. The molecule has 2 bridgehead atoms. The average Bonchev–Trinajstić information content (AvgIpc) is 3.08. The SMILES string of the molecule is CCN1CC2CC(F)CCC2O[C@H](C)CNC(=O)C2CNC3CCC1NN32. The van der Waals surface area contributed by atoms with E-state index in [9.17, 15) is 9.18 Å². The minimum Gasteiger partial charge on any atom is -0.373 e. The standard InChI is InChI=1S/C19H34FN5O2/c1-3-24-11-13-8-14(20)4-5-16(13)27-12(2)9-22-19(26)15-10-21-17-6-7-18(24)23-25(15)17/h12-18,21,23H,3-11H2,1-2H3,(H,22,26)/t12-,13?,14?,15?,16?,17?,18?/m1/s1. The zero-order valence-corrected chi connectivity index (χ0v) is 16.5. The van der Waals surface area contributed by atoms with Crippen LogP contribution in [0.1, 0.15) is 46.0 Å². The van der Waals surface area contributed by atoms with E-state index in [2.05, 4.69) is 32.9 Å². The lowest BCUT2D eigenvalue weighted by Crippen LogP contribution is -2.64. The van der Waals surface area contributed by atoms with Crippen LogP contribution >= 0.6 is 0 Å². The number of hydrazine groups is 1. The molecule has 1 amide bonds. The van der Waals surface area contributed by atoms with Gasteiger partial charge in [-0.1, -0.05) is 6.92 Å². The van der Waals surface area contributed by atoms with Gasteiger partial charge < -0.3 is 10.1 Å². The summed E-state index contributed by atoms with van der Waals surface area (Å²) in [5, 5.41) is 8.62. The molecule has 4 fully saturated rings. The predicted octanol–water partition coefficient (Wildman–Crippen LogP) is 0.574. The minimum atomic E-state index is -0.727. The van der Waals surface area contributed by atoms with Gasteiger partial charge in [0.1, 0.15) is 12.2 Å². The van der Waals surface area contributed by atoms with Crippen LogP contribution in [0.15, 0.2) is 0 Å². The van der Waals surface area contributed by atoms with Gasteiger partial charge in [0.2, 0.25) is 5.91 Å². The third-order valence-electron chi connectivity index (χ3n) is 6.67. The molecule has 27 heavy (non-hydrogen) atoms. The van der Waals surface area contributed by atoms with Crippen LogP contribution in [0.3, 0.4) is 0 Å². The van der Waals surface area contributed by atoms with E-state index < -0.39 is 6.17 Å². The van der Waals surface area contributed by atoms with Gasteiger partial charge in [-0.15, -0.1) is 0 Å². The highest BCUT2D eigenvalue weighted by Crippen LogP contribution is 2.32. The van der Waals surface area contributed by atoms with Crippen LogP contribution in [0.4, 0.5) is 4.39 Å². The molecule has 1 aliphatic carbocycles. The number of halogens is 1. The maximum atomic E-state index is 14.2. The van der Waals surface area contributed by atoms with Crippen molar-refractivity contribution < 1.29 is 13.9 Å². The number of fused-ring (bicyclic) bond motifs is 2. The van der Waals surface area contributed by atoms with Crippen molar-refractivity contribution in [2.75, 3.05) is 26.2 Å². The summed E-state index contributed by atoms with van der Waals surface area (Å²) >= 11 is 0. The Morgan fingerprint density at radius 2 is 2.00 bits per heavy atom. The fourth-order valence-corrected chi connectivity index (χ4v) is 5.16. The van der Waals surface area contributed by atoms with Gasteiger partial charge in [-0.2, -0.15) is 0 Å². The molecule has 0 aromatic carbocycles. The van der Waals surface area contributed by atoms with Crippen molar-refractivity contribution in [2.45, 2.75) is 82.7 Å². The third kappa shape index (κ3) is 4.15. The van der Waals surface area contributed by atoms with Crippen molar-refractivity contribution in [3.63, 3.8) is 0 Å². The molecule has 1 saturated carbocycles. The van der Waals surface area contributed by atoms with E-state index in [1.54, 1.807) is 0 Å². The molecular formula is C19H34FN5O2. The molecule has 154 valence electrons. The number of amides is 1. The minimum absolute atomic E-state index is 0.0416. The summed E-state index contributed by atoms with van der Waals surface area (Å²) in [7, 11) is 0. The maximum absolute atomic E-state index is 14.2. The maximum Gasteiger partial charge on any atom is 0.240 e. The van der Waals surface area contributed by atoms with Crippen LogP contribution < -0.4 is 16.1 Å². The van der Waals surface area contributed by atoms with Gasteiger partial charge >= 0.3 is 0 Å². The molecule has 0 aromatic heterocycles. The van der Waals surface area contributed by atoms with Crippen LogP contribution in [0.2, 0.25) is 0 Å². The molecule has 4 rings (SSSR count). The summed E-state index contributed by atoms with van der Waals surface area (Å²) in [6, 6.07) is -0.207. The topological polar surface area (TPSA) is 68.9 Å². The first kappa shape index (κ1) is 19.5. The van der Waals surface area contributed by atoms with E-state index >= 15 is 0 Å². The number of ether oxygens (including phenoxy) is 1. The molecule has 0 spiro atoms. The summed E-state index contributed by atoms with van der Waals surface area (Å²) in [4.78, 5) is 15.2. The lowest BCUT2D eigenvalue weighted by molar-refractivity contribution is -0.129. The van der Waals surface area contributed by atoms with Gasteiger partial charge in [0.25, 0.3) is 0 Å². The van der Waals surface area contributed by atoms with Crippen molar-refractivity contribution in [3.8, 4) is 0 Å². The van der Waals surface area contributed by atoms with Crippen LogP contribution in [0.5, 0.6) is 0 Å². The number of carbonyl (C=O) groups excluding carboxylic acids is 1. The fourth-order valence-electron chi connectivity index (χ4n) is 5.16. The highest BCUT2D eigenvalue weighted by atomic mass is 19.1. The van der Waals surface area contributed by atoms with Gasteiger partial charge in [0.05, 0.1) is 24.5 Å². The Kier molecular flexibility index (Phi) is 5.99. The summed E-state index contributed by atoms with van der Waals surface area (Å²) < 4.78 is 20.5. The van der Waals surface area contributed by atoms with E-state index in [0.29, 0.717) is 25.9 Å². The highest BCUT2D eigenvalue weighted by Gasteiger charge is 2.43. The zero-order valence-electron chi connectivity index (χ0n) is 16.5. The second kappa shape index (κ2) is 8.29. The van der Waals surface area contributed by atoms with Gasteiger partial charge in [-0.25, -0.2) is 14.8 Å². The van der Waals surface area contributed by atoms with E-state index in [0.717, 1.165) is 32.4 Å². The van der Waals surface area contributed by atoms with Gasteiger partial charge in [0, 0.05) is 25.6 Å². The number of nitrogens with one attached hydrogen (secondary N) is 3. The molecular weight excluding hydrogens is 349 g/mol. The van der Waals surface area contributed by atoms with Crippen molar-refractivity contribution in [1.29, 1.82) is 0 Å². The van der Waals surface area contributed by atoms with E-state index in [1.807, 2.05) is 6.92 Å². The summed E-state index contributed by atoms with van der Waals surface area (Å²) in [5.41, 5.74) is 3.60. The van der Waals surface area contributed by atoms with Crippen LogP contribution in [0.25, 0.3) is 0 Å². The summed E-state index contributed by atoms with van der Waals surface area (Å²) in [5.74, 6) is 0.236. The van der Waals surface area contributed by atoms with E-state index in [-0.39, 0.29) is 42.4 Å². The molecule has 3 aliphatic heterocycles. The van der Waals surface area contributed by atoms with Crippen molar-refractivity contribution in [1.82, 2.24) is 26.0 Å². The molecule has 0 aromatic rings. The van der Waals surface area contributed by atoms with Crippen LogP contribution in [-0.4, -0.2) is 78.7 Å². The number of rotatable bonds is 1. The Balaban J connectivity index is 1.57. The van der Waals surface area contributed by atoms with Crippen LogP contribution in [-0.2, 0) is 9.53 Å². The first-order chi connectivity index (χ1) is 13.0. The molecule has 7 atom stereocenters. The number of nitrogens with zero attached hydrogens (tertiary/aromatic N) is 2. The summed E-state index contributed by atoms with van der Waals surface area (Å²) in [6.45, 7) is 7.05. The zero-order chi connectivity index (χ0) is 19.0. The largest absolute Gasteiger partial charge is 0.373 e. The Hall–Kier alpha value is -0.800. The van der Waals surface area contributed by atoms with Crippen molar-refractivity contribution in [2.24, 2.45) is 5.92 Å². The first-order valence-electron chi connectivity index (χ1n) is 10.6. The van der Waals surface area contributed by atoms with E-state index in [4.69, 9.17) is 4.74 Å². The predicted molar refractivity (Wildman–Crippen MR) is 100 cm³/mol. The van der Waals surface area contributed by atoms with Crippen molar-refractivity contribution in [3.05, 3.63) is 0 Å². The number of hydrogen-bond acceptors (Lipinski definition) is 6. The molecule has 0 radical (unpaired) electrons. The molecule has 3 N–H and O–H groups in total. The average molecular weight is 384 g/mol. The second-order valence-corrected chi connectivity index (χ2v) is 8.56. The van der Waals surface area contributed by atoms with Gasteiger partial charge in [-0.05, 0) is 45.6 Å². The Bertz CT molecular complexity index is 538. The lowest BCUT2D eigenvalue weighted by atomic mass is 9.84. The van der Waals surface area contributed by atoms with Crippen molar-refractivity contribution >= 4 is 5.91 Å². The molecule has 6 unspecified atom stereocenters. The third-order valence-corrected chi connectivity index (χ3v) is 6.67. The number of hydrogen-bond donors (Lipinski definition) is 3. The van der Waals surface area contributed by atoms with Crippen LogP contribution in [0, 0.1) is 5.92 Å². The quantitative estimate of drug-likeness (QED) is 0.615. The molecule has 8 heteroatoms. The molecule has 3 heterocycles. The molecule has 4 aliphatic rings. The number of alkyl halides is 1. The van der Waals surface area contributed by atoms with E-state index in [1.165, 1.54) is 0 Å².